The number of halogens is 2. The van der Waals surface area contributed by atoms with Crippen LogP contribution in [0.2, 0.25) is 0 Å². The van der Waals surface area contributed by atoms with Crippen molar-refractivity contribution in [3.05, 3.63) is 58.7 Å². The van der Waals surface area contributed by atoms with Crippen molar-refractivity contribution < 1.29 is 85.1 Å². The SMILES string of the molecule is O=S(=O)([O-])c1cc(CBr)ccc1/C=C/c1ccc(CBr)cc1S(=O)(=O)[O-].[Na+].[Na+]. The molecule has 2 aromatic carbocycles. The zero-order valence-corrected chi connectivity index (χ0v) is 23.9. The second-order valence-electron chi connectivity index (χ2n) is 5.25. The quantitative estimate of drug-likeness (QED) is 0.164. The molecule has 0 fully saturated rings. The van der Waals surface area contributed by atoms with Gasteiger partial charge in [-0.1, -0.05) is 68.3 Å². The molecule has 0 atom stereocenters. The minimum Gasteiger partial charge on any atom is -0.744 e. The molecule has 2 rings (SSSR count). The van der Waals surface area contributed by atoms with Crippen molar-refractivity contribution in [1.82, 2.24) is 0 Å². The predicted octanol–water partition coefficient (Wildman–Crippen LogP) is -2.54. The Hall–Kier alpha value is 0.960. The minimum atomic E-state index is -4.73. The Morgan fingerprint density at radius 1 is 0.714 bits per heavy atom. The average molecular weight is 570 g/mol. The van der Waals surface area contributed by atoms with Crippen LogP contribution in [0.25, 0.3) is 12.2 Å². The van der Waals surface area contributed by atoms with Crippen molar-refractivity contribution in [3.63, 3.8) is 0 Å². The van der Waals surface area contributed by atoms with E-state index < -0.39 is 30.0 Å². The number of alkyl halides is 2. The van der Waals surface area contributed by atoms with E-state index in [1.54, 1.807) is 12.1 Å². The summed E-state index contributed by atoms with van der Waals surface area (Å²) in [5, 5.41) is 0.734. The molecule has 6 nitrogen and oxygen atoms in total. The van der Waals surface area contributed by atoms with E-state index >= 15 is 0 Å². The van der Waals surface area contributed by atoms with Gasteiger partial charge in [0.2, 0.25) is 0 Å². The molecule has 0 aliphatic carbocycles. The molecule has 0 heterocycles. The summed E-state index contributed by atoms with van der Waals surface area (Å²) in [5.74, 6) is 0. The van der Waals surface area contributed by atoms with E-state index in [-0.39, 0.29) is 70.2 Å². The fraction of sp³-hybridized carbons (Fsp3) is 0.125. The molecule has 0 saturated carbocycles. The van der Waals surface area contributed by atoms with E-state index in [9.17, 15) is 25.9 Å². The first-order chi connectivity index (χ1) is 12.1. The first kappa shape index (κ1) is 29.0. The van der Waals surface area contributed by atoms with Gasteiger partial charge in [-0.3, -0.25) is 0 Å². The van der Waals surface area contributed by atoms with Crippen LogP contribution in [-0.4, -0.2) is 25.9 Å². The molecule has 0 bridgehead atoms. The van der Waals surface area contributed by atoms with Crippen LogP contribution in [0, 0.1) is 0 Å². The van der Waals surface area contributed by atoms with Gasteiger partial charge in [0.25, 0.3) is 0 Å². The van der Waals surface area contributed by atoms with Crippen LogP contribution in [0.4, 0.5) is 0 Å². The molecule has 0 aliphatic rings. The first-order valence-electron chi connectivity index (χ1n) is 7.04. The molecule has 0 radical (unpaired) electrons. The molecule has 0 saturated heterocycles. The van der Waals surface area contributed by atoms with Crippen LogP contribution < -0.4 is 59.1 Å². The molecular weight excluding hydrogens is 558 g/mol. The van der Waals surface area contributed by atoms with E-state index in [2.05, 4.69) is 31.9 Å². The maximum absolute atomic E-state index is 11.5. The monoisotopic (exact) mass is 568 g/mol. The van der Waals surface area contributed by atoms with Crippen molar-refractivity contribution in [2.45, 2.75) is 20.5 Å². The predicted molar refractivity (Wildman–Crippen MR) is 103 cm³/mol. The maximum Gasteiger partial charge on any atom is 1.00 e. The summed E-state index contributed by atoms with van der Waals surface area (Å²) in [6.07, 6.45) is 2.58. The largest absolute Gasteiger partial charge is 1.00 e. The number of benzene rings is 2. The Kier molecular flexibility index (Phi) is 12.5. The fourth-order valence-corrected chi connectivity index (χ4v) is 4.35. The topological polar surface area (TPSA) is 114 Å². The van der Waals surface area contributed by atoms with Crippen LogP contribution in [0.3, 0.4) is 0 Å². The van der Waals surface area contributed by atoms with Crippen molar-refractivity contribution in [1.29, 1.82) is 0 Å². The van der Waals surface area contributed by atoms with Crippen LogP contribution in [-0.2, 0) is 30.9 Å². The van der Waals surface area contributed by atoms with Gasteiger partial charge in [0, 0.05) is 10.7 Å². The van der Waals surface area contributed by atoms with Crippen LogP contribution in [0.15, 0.2) is 46.2 Å². The molecule has 140 valence electrons. The summed E-state index contributed by atoms with van der Waals surface area (Å²) in [5.41, 5.74) is 1.40. The van der Waals surface area contributed by atoms with Crippen molar-refractivity contribution in [2.24, 2.45) is 0 Å². The van der Waals surface area contributed by atoms with Crippen LogP contribution in [0.1, 0.15) is 22.3 Å². The molecular formula is C16H12Br2Na2O6S2. The summed E-state index contributed by atoms with van der Waals surface area (Å²) >= 11 is 6.37. The van der Waals surface area contributed by atoms with Gasteiger partial charge in [0.15, 0.2) is 0 Å². The Morgan fingerprint density at radius 2 is 1.04 bits per heavy atom. The third-order valence-electron chi connectivity index (χ3n) is 3.45. The first-order valence-corrected chi connectivity index (χ1v) is 12.1. The van der Waals surface area contributed by atoms with Gasteiger partial charge in [-0.25, -0.2) is 16.8 Å². The van der Waals surface area contributed by atoms with Crippen LogP contribution >= 0.6 is 31.9 Å². The Labute approximate surface area is 225 Å². The van der Waals surface area contributed by atoms with Crippen LogP contribution in [0.5, 0.6) is 0 Å². The number of rotatable bonds is 6. The minimum absolute atomic E-state index is 0. The molecule has 0 amide bonds. The van der Waals surface area contributed by atoms with Gasteiger partial charge >= 0.3 is 59.1 Å². The van der Waals surface area contributed by atoms with Gasteiger partial charge in [0.1, 0.15) is 20.2 Å². The molecule has 0 N–H and O–H groups in total. The van der Waals surface area contributed by atoms with Crippen molar-refractivity contribution >= 4 is 64.2 Å². The van der Waals surface area contributed by atoms with Gasteiger partial charge in [-0.05, 0) is 34.4 Å². The Morgan fingerprint density at radius 3 is 1.29 bits per heavy atom. The van der Waals surface area contributed by atoms with Gasteiger partial charge < -0.3 is 9.11 Å². The third-order valence-corrected chi connectivity index (χ3v) is 6.53. The van der Waals surface area contributed by atoms with E-state index in [4.69, 9.17) is 0 Å². The Bertz CT molecular complexity index is 985. The summed E-state index contributed by atoms with van der Waals surface area (Å²) < 4.78 is 68.9. The second kappa shape index (κ2) is 12.1. The molecule has 0 spiro atoms. The van der Waals surface area contributed by atoms with Gasteiger partial charge in [-0.2, -0.15) is 0 Å². The Balaban J connectivity index is 0.00000364. The zero-order valence-electron chi connectivity index (χ0n) is 15.1. The summed E-state index contributed by atoms with van der Waals surface area (Å²) in [6.45, 7) is 0. The fourth-order valence-electron chi connectivity index (χ4n) is 2.21. The smallest absolute Gasteiger partial charge is 0.744 e. The van der Waals surface area contributed by atoms with E-state index in [1.165, 1.54) is 36.4 Å². The normalized spacial score (nSPS) is 11.7. The molecule has 2 aromatic rings. The zero-order chi connectivity index (χ0) is 19.5. The maximum atomic E-state index is 11.5. The second-order valence-corrected chi connectivity index (χ2v) is 9.07. The molecule has 0 unspecified atom stereocenters. The van der Waals surface area contributed by atoms with Gasteiger partial charge in [-0.15, -0.1) is 0 Å². The molecule has 0 aromatic heterocycles. The van der Waals surface area contributed by atoms with E-state index in [1.807, 2.05) is 0 Å². The summed E-state index contributed by atoms with van der Waals surface area (Å²) in [4.78, 5) is -0.844. The molecule has 12 heteroatoms. The molecule has 28 heavy (non-hydrogen) atoms. The average Bonchev–Trinajstić information content (AvgIpc) is 2.58. The number of hydrogen-bond donors (Lipinski definition) is 0. The molecule has 0 aliphatic heterocycles. The van der Waals surface area contributed by atoms with E-state index in [0.717, 1.165) is 0 Å². The summed E-state index contributed by atoms with van der Waals surface area (Å²) in [6, 6.07) is 8.63. The third kappa shape index (κ3) is 7.90. The van der Waals surface area contributed by atoms with E-state index in [0.29, 0.717) is 21.8 Å². The van der Waals surface area contributed by atoms with Gasteiger partial charge in [0.05, 0.1) is 9.79 Å². The van der Waals surface area contributed by atoms with Crippen molar-refractivity contribution in [2.75, 3.05) is 0 Å². The standard InChI is InChI=1S/C16H14Br2O6S2.2Na/c17-9-11-1-3-13(15(7-11)25(19,20)21)5-6-14-4-2-12(10-18)8-16(14)26(22,23)24;;/h1-8H,9-10H2,(H,19,20,21)(H,22,23,24);;/q;2*+1/p-2/b6-5+;;. The van der Waals surface area contributed by atoms with Crippen molar-refractivity contribution in [3.8, 4) is 0 Å². The summed E-state index contributed by atoms with van der Waals surface area (Å²) in [7, 11) is -9.46. The number of hydrogen-bond acceptors (Lipinski definition) is 6.